The third kappa shape index (κ3) is 3.64. The van der Waals surface area contributed by atoms with Gasteiger partial charge in [-0.15, -0.1) is 0 Å². The average Bonchev–Trinajstić information content (AvgIpc) is 2.85. The number of methoxy groups -OCH3 is 2. The standard InChI is InChI=1S/C15H21N3O2S/c1-4-5-14-16-17-15(21)18(14)9-8-11-6-7-12(19-2)13(10-11)20-3/h6-7,10H,4-5,8-9H2,1-3H3,(H,17,21). The highest BCUT2D eigenvalue weighted by molar-refractivity contribution is 7.71. The number of aryl methyl sites for hydroxylation is 2. The summed E-state index contributed by atoms with van der Waals surface area (Å²) in [6.07, 6.45) is 2.85. The molecule has 0 atom stereocenters. The van der Waals surface area contributed by atoms with E-state index in [-0.39, 0.29) is 0 Å². The highest BCUT2D eigenvalue weighted by Crippen LogP contribution is 2.27. The molecule has 1 N–H and O–H groups in total. The molecular weight excluding hydrogens is 286 g/mol. The van der Waals surface area contributed by atoms with Gasteiger partial charge in [-0.25, -0.2) is 0 Å². The Labute approximate surface area is 129 Å². The number of aromatic nitrogens is 3. The lowest BCUT2D eigenvalue weighted by Crippen LogP contribution is -2.06. The number of aromatic amines is 1. The van der Waals surface area contributed by atoms with Gasteiger partial charge in [0.25, 0.3) is 0 Å². The largest absolute Gasteiger partial charge is 0.493 e. The van der Waals surface area contributed by atoms with Crippen LogP contribution in [0.3, 0.4) is 0 Å². The third-order valence-electron chi connectivity index (χ3n) is 3.38. The van der Waals surface area contributed by atoms with Crippen molar-refractivity contribution in [1.82, 2.24) is 14.8 Å². The lowest BCUT2D eigenvalue weighted by molar-refractivity contribution is 0.354. The smallest absolute Gasteiger partial charge is 0.195 e. The van der Waals surface area contributed by atoms with Crippen LogP contribution in [0.25, 0.3) is 0 Å². The molecule has 0 spiro atoms. The van der Waals surface area contributed by atoms with Crippen molar-refractivity contribution in [2.45, 2.75) is 32.7 Å². The van der Waals surface area contributed by atoms with Crippen molar-refractivity contribution in [2.75, 3.05) is 14.2 Å². The van der Waals surface area contributed by atoms with Gasteiger partial charge in [0.05, 0.1) is 14.2 Å². The van der Waals surface area contributed by atoms with Crippen LogP contribution in [0.2, 0.25) is 0 Å². The number of rotatable bonds is 7. The second-order valence-electron chi connectivity index (χ2n) is 4.79. The second kappa shape index (κ2) is 7.26. The number of H-pyrrole nitrogens is 1. The van der Waals surface area contributed by atoms with Crippen LogP contribution in [0.15, 0.2) is 18.2 Å². The normalized spacial score (nSPS) is 10.6. The minimum absolute atomic E-state index is 0.680. The maximum absolute atomic E-state index is 5.33. The summed E-state index contributed by atoms with van der Waals surface area (Å²) >= 11 is 5.29. The molecule has 1 heterocycles. The highest BCUT2D eigenvalue weighted by atomic mass is 32.1. The molecule has 1 aromatic heterocycles. The third-order valence-corrected chi connectivity index (χ3v) is 3.69. The zero-order valence-electron chi connectivity index (χ0n) is 12.7. The van der Waals surface area contributed by atoms with Crippen LogP contribution in [-0.2, 0) is 19.4 Å². The molecule has 1 aromatic carbocycles. The fraction of sp³-hybridized carbons (Fsp3) is 0.467. The molecule has 0 radical (unpaired) electrons. The molecule has 0 amide bonds. The van der Waals surface area contributed by atoms with Crippen LogP contribution in [0.1, 0.15) is 24.7 Å². The first kappa shape index (κ1) is 15.6. The molecule has 5 nitrogen and oxygen atoms in total. The first-order chi connectivity index (χ1) is 10.2. The van der Waals surface area contributed by atoms with Crippen molar-refractivity contribution >= 4 is 12.2 Å². The van der Waals surface area contributed by atoms with Crippen molar-refractivity contribution in [3.05, 3.63) is 34.4 Å². The summed E-state index contributed by atoms with van der Waals surface area (Å²) in [7, 11) is 3.28. The molecule has 0 saturated carbocycles. The van der Waals surface area contributed by atoms with Crippen LogP contribution in [0.4, 0.5) is 0 Å². The lowest BCUT2D eigenvalue weighted by atomic mass is 10.1. The molecule has 114 valence electrons. The molecule has 0 aliphatic heterocycles. The molecule has 0 fully saturated rings. The van der Waals surface area contributed by atoms with Crippen molar-refractivity contribution in [2.24, 2.45) is 0 Å². The number of hydrogen-bond acceptors (Lipinski definition) is 4. The van der Waals surface area contributed by atoms with E-state index >= 15 is 0 Å². The van der Waals surface area contributed by atoms with E-state index in [0.717, 1.165) is 43.1 Å². The Morgan fingerprint density at radius 1 is 1.19 bits per heavy atom. The van der Waals surface area contributed by atoms with E-state index in [2.05, 4.69) is 21.7 Å². The van der Waals surface area contributed by atoms with E-state index in [1.807, 2.05) is 18.2 Å². The quantitative estimate of drug-likeness (QED) is 0.798. The number of benzene rings is 1. The molecule has 0 unspecified atom stereocenters. The Morgan fingerprint density at radius 3 is 2.62 bits per heavy atom. The Kier molecular flexibility index (Phi) is 5.38. The van der Waals surface area contributed by atoms with Gasteiger partial charge >= 0.3 is 0 Å². The predicted molar refractivity (Wildman–Crippen MR) is 84.7 cm³/mol. The summed E-state index contributed by atoms with van der Waals surface area (Å²) in [6, 6.07) is 5.97. The van der Waals surface area contributed by atoms with Gasteiger partial charge in [-0.1, -0.05) is 13.0 Å². The maximum Gasteiger partial charge on any atom is 0.195 e. The molecule has 21 heavy (non-hydrogen) atoms. The Hall–Kier alpha value is -1.82. The zero-order chi connectivity index (χ0) is 15.2. The number of nitrogens with one attached hydrogen (secondary N) is 1. The predicted octanol–water partition coefficient (Wildman–Crippen LogP) is 3.15. The van der Waals surface area contributed by atoms with Gasteiger partial charge in [-0.05, 0) is 42.8 Å². The molecule has 6 heteroatoms. The summed E-state index contributed by atoms with van der Waals surface area (Å²) in [6.45, 7) is 2.94. The van der Waals surface area contributed by atoms with Gasteiger partial charge in [0.1, 0.15) is 5.82 Å². The topological polar surface area (TPSA) is 52.1 Å². The first-order valence-electron chi connectivity index (χ1n) is 7.04. The van der Waals surface area contributed by atoms with Crippen molar-refractivity contribution in [3.8, 4) is 11.5 Å². The van der Waals surface area contributed by atoms with E-state index < -0.39 is 0 Å². The Balaban J connectivity index is 2.13. The SMILES string of the molecule is CCCc1n[nH]c(=S)n1CCc1ccc(OC)c(OC)c1. The van der Waals surface area contributed by atoms with E-state index in [9.17, 15) is 0 Å². The Bertz CT molecular complexity index is 649. The van der Waals surface area contributed by atoms with Gasteiger partial charge in [-0.3, -0.25) is 5.10 Å². The second-order valence-corrected chi connectivity index (χ2v) is 5.17. The summed E-state index contributed by atoms with van der Waals surface area (Å²) in [4.78, 5) is 0. The summed E-state index contributed by atoms with van der Waals surface area (Å²) < 4.78 is 13.3. The maximum atomic E-state index is 5.33. The van der Waals surface area contributed by atoms with Gasteiger partial charge < -0.3 is 14.0 Å². The fourth-order valence-electron chi connectivity index (χ4n) is 2.27. The van der Waals surface area contributed by atoms with Crippen molar-refractivity contribution in [1.29, 1.82) is 0 Å². The first-order valence-corrected chi connectivity index (χ1v) is 7.45. The minimum Gasteiger partial charge on any atom is -0.493 e. The molecule has 0 bridgehead atoms. The molecule has 2 aromatic rings. The molecular formula is C15H21N3O2S. The van der Waals surface area contributed by atoms with Gasteiger partial charge in [0, 0.05) is 13.0 Å². The van der Waals surface area contributed by atoms with Crippen molar-refractivity contribution in [3.63, 3.8) is 0 Å². The molecule has 2 rings (SSSR count). The van der Waals surface area contributed by atoms with Crippen LogP contribution >= 0.6 is 12.2 Å². The number of nitrogens with zero attached hydrogens (tertiary/aromatic N) is 2. The fourth-order valence-corrected chi connectivity index (χ4v) is 2.51. The lowest BCUT2D eigenvalue weighted by Gasteiger charge is -2.10. The van der Waals surface area contributed by atoms with E-state index in [1.54, 1.807) is 14.2 Å². The van der Waals surface area contributed by atoms with Crippen molar-refractivity contribution < 1.29 is 9.47 Å². The minimum atomic E-state index is 0.680. The Morgan fingerprint density at radius 2 is 1.95 bits per heavy atom. The number of hydrogen-bond donors (Lipinski definition) is 1. The molecule has 0 aliphatic rings. The summed E-state index contributed by atoms with van der Waals surface area (Å²) in [5, 5.41) is 7.15. The van der Waals surface area contributed by atoms with Crippen LogP contribution in [-0.4, -0.2) is 29.0 Å². The van der Waals surface area contributed by atoms with Crippen LogP contribution < -0.4 is 9.47 Å². The monoisotopic (exact) mass is 307 g/mol. The zero-order valence-corrected chi connectivity index (χ0v) is 13.5. The van der Waals surface area contributed by atoms with E-state index in [1.165, 1.54) is 5.56 Å². The molecule has 0 saturated heterocycles. The average molecular weight is 307 g/mol. The van der Waals surface area contributed by atoms with Gasteiger partial charge in [0.15, 0.2) is 16.3 Å². The highest BCUT2D eigenvalue weighted by Gasteiger charge is 2.08. The van der Waals surface area contributed by atoms with E-state index in [4.69, 9.17) is 21.7 Å². The van der Waals surface area contributed by atoms with Gasteiger partial charge in [0.2, 0.25) is 0 Å². The molecule has 0 aliphatic carbocycles. The number of ether oxygens (including phenoxy) is 2. The van der Waals surface area contributed by atoms with Gasteiger partial charge in [-0.2, -0.15) is 5.10 Å². The van der Waals surface area contributed by atoms with E-state index in [0.29, 0.717) is 4.77 Å². The van der Waals surface area contributed by atoms with Crippen LogP contribution in [0, 0.1) is 4.77 Å². The van der Waals surface area contributed by atoms with Crippen LogP contribution in [0.5, 0.6) is 11.5 Å². The summed E-state index contributed by atoms with van der Waals surface area (Å²) in [5.41, 5.74) is 1.18. The summed E-state index contributed by atoms with van der Waals surface area (Å²) in [5.74, 6) is 2.51.